The van der Waals surface area contributed by atoms with Gasteiger partial charge in [-0.15, -0.1) is 0 Å². The van der Waals surface area contributed by atoms with E-state index in [0.29, 0.717) is 22.5 Å². The second kappa shape index (κ2) is 5.80. The number of nitrogens with zero attached hydrogens (tertiary/aromatic N) is 1. The van der Waals surface area contributed by atoms with Crippen molar-refractivity contribution in [3.05, 3.63) is 0 Å². The number of nitrogens with one attached hydrogen (secondary N) is 2. The lowest BCUT2D eigenvalue weighted by molar-refractivity contribution is 0.265. The number of hydrogen-bond donors (Lipinski definition) is 2. The largest absolute Gasteiger partial charge is 0.359 e. The van der Waals surface area contributed by atoms with Crippen molar-refractivity contribution < 1.29 is 0 Å². The van der Waals surface area contributed by atoms with Crippen molar-refractivity contribution in [2.75, 3.05) is 0 Å². The smallest absolute Gasteiger partial charge is 0.187 e. The first kappa shape index (κ1) is 14.4. The molecule has 0 radical (unpaired) electrons. The van der Waals surface area contributed by atoms with Crippen molar-refractivity contribution in [2.45, 2.75) is 59.9 Å². The van der Waals surface area contributed by atoms with Crippen LogP contribution in [0.1, 0.15) is 53.9 Å². The molecule has 0 unspecified atom stereocenters. The topological polar surface area (TPSA) is 36.4 Å². The summed E-state index contributed by atoms with van der Waals surface area (Å²) >= 11 is 5.16. The molecule has 0 amide bonds. The molecule has 0 heterocycles. The minimum absolute atomic E-state index is 0.344. The lowest BCUT2D eigenvalue weighted by atomic mass is 9.72. The van der Waals surface area contributed by atoms with Gasteiger partial charge in [0.05, 0.1) is 0 Å². The maximum Gasteiger partial charge on any atom is 0.187 e. The maximum absolute atomic E-state index is 5.16. The van der Waals surface area contributed by atoms with Crippen LogP contribution in [0, 0.1) is 11.3 Å². The molecule has 98 valence electrons. The summed E-state index contributed by atoms with van der Waals surface area (Å²) in [4.78, 5) is 0. The summed E-state index contributed by atoms with van der Waals surface area (Å²) in [5, 5.41) is 8.19. The molecule has 1 rings (SSSR count). The molecule has 1 aliphatic carbocycles. The van der Waals surface area contributed by atoms with Crippen LogP contribution in [0.3, 0.4) is 0 Å². The Morgan fingerprint density at radius 1 is 1.47 bits per heavy atom. The molecule has 1 saturated carbocycles. The zero-order valence-corrected chi connectivity index (χ0v) is 12.4. The molecular weight excluding hydrogens is 230 g/mol. The molecule has 2 N–H and O–H groups in total. The Labute approximate surface area is 110 Å². The normalized spacial score (nSPS) is 26.0. The lowest BCUT2D eigenvalue weighted by Gasteiger charge is -2.34. The number of thiocarbonyl (C=S) groups is 1. The van der Waals surface area contributed by atoms with Gasteiger partial charge in [0.1, 0.15) is 0 Å². The van der Waals surface area contributed by atoms with Gasteiger partial charge < -0.3 is 5.32 Å². The van der Waals surface area contributed by atoms with Crippen LogP contribution in [0.5, 0.6) is 0 Å². The van der Waals surface area contributed by atoms with Crippen molar-refractivity contribution in [1.82, 2.24) is 10.7 Å². The molecule has 0 aromatic carbocycles. The minimum Gasteiger partial charge on any atom is -0.359 e. The average molecular weight is 255 g/mol. The van der Waals surface area contributed by atoms with E-state index in [2.05, 4.69) is 50.5 Å². The summed E-state index contributed by atoms with van der Waals surface area (Å²) in [7, 11) is 0. The van der Waals surface area contributed by atoms with Gasteiger partial charge in [-0.1, -0.05) is 20.8 Å². The Kier molecular flexibility index (Phi) is 4.92. The first-order valence-corrected chi connectivity index (χ1v) is 6.81. The molecule has 3 nitrogen and oxygen atoms in total. The molecule has 1 aliphatic rings. The van der Waals surface area contributed by atoms with E-state index in [1.165, 1.54) is 12.1 Å². The third-order valence-electron chi connectivity index (χ3n) is 2.90. The van der Waals surface area contributed by atoms with Crippen LogP contribution in [-0.4, -0.2) is 16.9 Å². The van der Waals surface area contributed by atoms with E-state index in [1.54, 1.807) is 0 Å². The van der Waals surface area contributed by atoms with Gasteiger partial charge in [0.2, 0.25) is 0 Å². The van der Waals surface area contributed by atoms with Crippen LogP contribution in [0.4, 0.5) is 0 Å². The Hall–Kier alpha value is -0.640. The molecule has 0 spiro atoms. The summed E-state index contributed by atoms with van der Waals surface area (Å²) in [5.74, 6) is 0.714. The third-order valence-corrected chi connectivity index (χ3v) is 3.11. The quantitative estimate of drug-likeness (QED) is 0.588. The Balaban J connectivity index is 2.51. The molecule has 1 fully saturated rings. The number of hydrogen-bond acceptors (Lipinski definition) is 2. The molecular formula is C13H25N3S. The van der Waals surface area contributed by atoms with Crippen molar-refractivity contribution in [1.29, 1.82) is 0 Å². The molecule has 17 heavy (non-hydrogen) atoms. The van der Waals surface area contributed by atoms with Crippen molar-refractivity contribution in [2.24, 2.45) is 16.4 Å². The van der Waals surface area contributed by atoms with E-state index in [-0.39, 0.29) is 0 Å². The monoisotopic (exact) mass is 255 g/mol. The first-order chi connectivity index (χ1) is 7.78. The summed E-state index contributed by atoms with van der Waals surface area (Å²) in [6.45, 7) is 11.0. The van der Waals surface area contributed by atoms with Gasteiger partial charge in [-0.25, -0.2) is 0 Å². The molecule has 0 aromatic heterocycles. The fourth-order valence-corrected chi connectivity index (χ4v) is 2.91. The average Bonchev–Trinajstić information content (AvgIpc) is 2.10. The molecule has 4 heteroatoms. The van der Waals surface area contributed by atoms with Gasteiger partial charge in [0.15, 0.2) is 5.11 Å². The Morgan fingerprint density at radius 3 is 2.65 bits per heavy atom. The summed E-state index contributed by atoms with van der Waals surface area (Å²) in [6, 6.07) is 0.344. The highest BCUT2D eigenvalue weighted by atomic mass is 32.1. The van der Waals surface area contributed by atoms with Crippen LogP contribution in [-0.2, 0) is 0 Å². The highest BCUT2D eigenvalue weighted by molar-refractivity contribution is 7.80. The molecule has 0 saturated heterocycles. The number of hydrazone groups is 1. The van der Waals surface area contributed by atoms with Crippen LogP contribution < -0.4 is 10.7 Å². The highest BCUT2D eigenvalue weighted by Gasteiger charge is 2.29. The Bertz CT molecular complexity index is 308. The van der Waals surface area contributed by atoms with Gasteiger partial charge >= 0.3 is 0 Å². The SMILES string of the molecule is CC(C)NC(=S)N/N=C1/C[C@@H](C)CC(C)(C)C1. The fraction of sp³-hybridized carbons (Fsp3) is 0.846. The maximum atomic E-state index is 5.16. The van der Waals surface area contributed by atoms with Gasteiger partial charge in [-0.2, -0.15) is 5.10 Å². The first-order valence-electron chi connectivity index (χ1n) is 6.40. The van der Waals surface area contributed by atoms with Crippen molar-refractivity contribution in [3.8, 4) is 0 Å². The second-order valence-corrected chi connectivity index (χ2v) is 6.68. The Morgan fingerprint density at radius 2 is 2.12 bits per heavy atom. The van der Waals surface area contributed by atoms with Crippen LogP contribution in [0.2, 0.25) is 0 Å². The summed E-state index contributed by atoms with van der Waals surface area (Å²) < 4.78 is 0. The van der Waals surface area contributed by atoms with Crippen LogP contribution in [0.25, 0.3) is 0 Å². The van der Waals surface area contributed by atoms with E-state index in [1.807, 2.05) is 0 Å². The summed E-state index contributed by atoms with van der Waals surface area (Å²) in [6.07, 6.45) is 3.43. The van der Waals surface area contributed by atoms with Gasteiger partial charge in [0.25, 0.3) is 0 Å². The fourth-order valence-electron chi connectivity index (χ4n) is 2.62. The predicted octanol–water partition coefficient (Wildman–Crippen LogP) is 3.06. The molecule has 1 atom stereocenters. The van der Waals surface area contributed by atoms with Crippen molar-refractivity contribution >= 4 is 23.0 Å². The van der Waals surface area contributed by atoms with E-state index >= 15 is 0 Å². The van der Waals surface area contributed by atoms with Gasteiger partial charge in [-0.3, -0.25) is 5.43 Å². The zero-order valence-electron chi connectivity index (χ0n) is 11.6. The third kappa shape index (κ3) is 5.48. The van der Waals surface area contributed by atoms with Crippen LogP contribution >= 0.6 is 12.2 Å². The number of rotatable bonds is 2. The standard InChI is InChI=1S/C13H25N3S/c1-9(2)14-12(17)16-15-11-6-10(3)7-13(4,5)8-11/h9-10H,6-8H2,1-5H3,(H2,14,16,17)/b15-11-/t10-/m1/s1. The van der Waals surface area contributed by atoms with E-state index in [4.69, 9.17) is 12.2 Å². The van der Waals surface area contributed by atoms with Crippen LogP contribution in [0.15, 0.2) is 5.10 Å². The molecule has 0 aromatic rings. The molecule has 0 bridgehead atoms. The lowest BCUT2D eigenvalue weighted by Crippen LogP contribution is -2.38. The molecule has 0 aliphatic heterocycles. The van der Waals surface area contributed by atoms with Gasteiger partial charge in [-0.05, 0) is 56.7 Å². The summed E-state index contributed by atoms with van der Waals surface area (Å²) in [5.41, 5.74) is 4.55. The van der Waals surface area contributed by atoms with E-state index < -0.39 is 0 Å². The van der Waals surface area contributed by atoms with Crippen molar-refractivity contribution in [3.63, 3.8) is 0 Å². The second-order valence-electron chi connectivity index (χ2n) is 6.27. The van der Waals surface area contributed by atoms with Gasteiger partial charge in [0, 0.05) is 11.8 Å². The predicted molar refractivity (Wildman–Crippen MR) is 78.2 cm³/mol. The van der Waals surface area contributed by atoms with E-state index in [9.17, 15) is 0 Å². The van der Waals surface area contributed by atoms with E-state index in [0.717, 1.165) is 12.8 Å². The zero-order chi connectivity index (χ0) is 13.1. The minimum atomic E-state index is 0.344. The highest BCUT2D eigenvalue weighted by Crippen LogP contribution is 2.36.